The molecule has 0 aliphatic carbocycles. The number of carbonyl (C=O) groups excluding carboxylic acids is 1. The molecular formula is C17H19F3N6O3. The quantitative estimate of drug-likeness (QED) is 0.702. The van der Waals surface area contributed by atoms with E-state index in [4.69, 9.17) is 4.74 Å². The lowest BCUT2D eigenvalue weighted by atomic mass is 9.81. The van der Waals surface area contributed by atoms with Gasteiger partial charge in [-0.1, -0.05) is 0 Å². The number of rotatable bonds is 3. The van der Waals surface area contributed by atoms with Crippen LogP contribution in [0.25, 0.3) is 0 Å². The van der Waals surface area contributed by atoms with E-state index >= 15 is 0 Å². The highest BCUT2D eigenvalue weighted by molar-refractivity contribution is 5.94. The van der Waals surface area contributed by atoms with Crippen LogP contribution in [0, 0.1) is 0 Å². The first-order valence-corrected chi connectivity index (χ1v) is 9.03. The van der Waals surface area contributed by atoms with Crippen molar-refractivity contribution in [3.63, 3.8) is 0 Å². The lowest BCUT2D eigenvalue weighted by Crippen LogP contribution is -2.49. The van der Waals surface area contributed by atoms with Crippen LogP contribution < -0.4 is 15.0 Å². The van der Waals surface area contributed by atoms with Crippen LogP contribution in [0.15, 0.2) is 12.1 Å². The molecule has 1 amide bonds. The van der Waals surface area contributed by atoms with Gasteiger partial charge in [0, 0.05) is 30.8 Å². The fourth-order valence-electron chi connectivity index (χ4n) is 3.89. The molecule has 156 valence electrons. The first-order valence-electron chi connectivity index (χ1n) is 9.03. The molecule has 2 aliphatic heterocycles. The fraction of sp³-hybridized carbons (Fsp3) is 0.529. The van der Waals surface area contributed by atoms with E-state index in [1.165, 1.54) is 7.11 Å². The van der Waals surface area contributed by atoms with Crippen LogP contribution in [0.4, 0.5) is 24.8 Å². The minimum absolute atomic E-state index is 0.209. The standard InChI is InChI=1S/C17H19F3N6O3/c1-29-12-3-2-10(22-23-12)26-6-4-9(5-7-26)14-13-15(25-24-14)21-11(27)8-16(13,28)17(18,19)20/h2-3,9,28H,4-8H2,1H3,(H2,21,24,25,27). The molecule has 1 saturated heterocycles. The number of methoxy groups -OCH3 is 1. The van der Waals surface area contributed by atoms with Gasteiger partial charge in [0.1, 0.15) is 0 Å². The molecule has 0 radical (unpaired) electrons. The van der Waals surface area contributed by atoms with Crippen molar-refractivity contribution in [1.29, 1.82) is 0 Å². The summed E-state index contributed by atoms with van der Waals surface area (Å²) in [7, 11) is 1.49. The van der Waals surface area contributed by atoms with E-state index in [2.05, 4.69) is 25.7 Å². The lowest BCUT2D eigenvalue weighted by molar-refractivity contribution is -0.267. The Labute approximate surface area is 163 Å². The second-order valence-corrected chi connectivity index (χ2v) is 7.14. The number of nitrogens with zero attached hydrogens (tertiary/aromatic N) is 4. The molecule has 29 heavy (non-hydrogen) atoms. The molecule has 2 aromatic rings. The minimum atomic E-state index is -5.00. The van der Waals surface area contributed by atoms with Gasteiger partial charge >= 0.3 is 6.18 Å². The van der Waals surface area contributed by atoms with E-state index in [0.717, 1.165) is 0 Å². The third kappa shape index (κ3) is 3.26. The second kappa shape index (κ2) is 6.87. The zero-order valence-electron chi connectivity index (χ0n) is 15.5. The van der Waals surface area contributed by atoms with Crippen molar-refractivity contribution < 1.29 is 27.8 Å². The molecule has 0 aromatic carbocycles. The van der Waals surface area contributed by atoms with Crippen molar-refractivity contribution in [2.75, 3.05) is 30.4 Å². The number of ether oxygens (including phenoxy) is 1. The van der Waals surface area contributed by atoms with Crippen LogP contribution in [0.2, 0.25) is 0 Å². The van der Waals surface area contributed by atoms with Crippen molar-refractivity contribution in [3.8, 4) is 5.88 Å². The topological polar surface area (TPSA) is 116 Å². The molecule has 3 N–H and O–H groups in total. The number of piperidine rings is 1. The smallest absolute Gasteiger partial charge is 0.422 e. The maximum atomic E-state index is 13.6. The van der Waals surface area contributed by atoms with E-state index in [1.807, 2.05) is 4.90 Å². The zero-order chi connectivity index (χ0) is 20.8. The van der Waals surface area contributed by atoms with Crippen molar-refractivity contribution in [1.82, 2.24) is 20.4 Å². The summed E-state index contributed by atoms with van der Waals surface area (Å²) >= 11 is 0. The Balaban J connectivity index is 1.56. The summed E-state index contributed by atoms with van der Waals surface area (Å²) in [5.74, 6) is -0.434. The number of anilines is 2. The van der Waals surface area contributed by atoms with E-state index in [9.17, 15) is 23.1 Å². The molecule has 12 heteroatoms. The predicted molar refractivity (Wildman–Crippen MR) is 94.6 cm³/mol. The third-order valence-corrected chi connectivity index (χ3v) is 5.41. The van der Waals surface area contributed by atoms with Crippen LogP contribution in [-0.4, -0.2) is 57.8 Å². The summed E-state index contributed by atoms with van der Waals surface area (Å²) in [6.07, 6.45) is -5.05. The highest BCUT2D eigenvalue weighted by Crippen LogP contribution is 2.49. The molecule has 1 atom stereocenters. The molecule has 0 bridgehead atoms. The summed E-state index contributed by atoms with van der Waals surface area (Å²) in [4.78, 5) is 13.6. The Kier molecular flexibility index (Phi) is 4.60. The van der Waals surface area contributed by atoms with Crippen molar-refractivity contribution in [2.24, 2.45) is 0 Å². The van der Waals surface area contributed by atoms with Crippen LogP contribution in [0.5, 0.6) is 5.88 Å². The first-order chi connectivity index (χ1) is 13.7. The number of hydrogen-bond acceptors (Lipinski definition) is 7. The number of fused-ring (bicyclic) bond motifs is 1. The maximum Gasteiger partial charge on any atom is 0.422 e. The van der Waals surface area contributed by atoms with E-state index in [1.54, 1.807) is 12.1 Å². The van der Waals surface area contributed by atoms with Gasteiger partial charge in [0.2, 0.25) is 11.8 Å². The van der Waals surface area contributed by atoms with Crippen LogP contribution >= 0.6 is 0 Å². The average Bonchev–Trinajstić information content (AvgIpc) is 3.12. The number of aliphatic hydroxyl groups is 1. The normalized spacial score (nSPS) is 22.9. The number of aromatic amines is 1. The van der Waals surface area contributed by atoms with Gasteiger partial charge in [0.15, 0.2) is 17.2 Å². The van der Waals surface area contributed by atoms with Gasteiger partial charge in [0.25, 0.3) is 0 Å². The number of hydrogen-bond donors (Lipinski definition) is 3. The predicted octanol–water partition coefficient (Wildman–Crippen LogP) is 1.68. The van der Waals surface area contributed by atoms with Crippen molar-refractivity contribution in [3.05, 3.63) is 23.4 Å². The number of halogens is 3. The van der Waals surface area contributed by atoms with Crippen molar-refractivity contribution in [2.45, 2.75) is 37.0 Å². The summed E-state index contributed by atoms with van der Waals surface area (Å²) in [5, 5.41) is 27.2. The molecule has 0 spiro atoms. The Hall–Kier alpha value is -2.89. The van der Waals surface area contributed by atoms with Gasteiger partial charge in [-0.15, -0.1) is 10.2 Å². The van der Waals surface area contributed by atoms with Crippen LogP contribution in [0.1, 0.15) is 36.4 Å². The van der Waals surface area contributed by atoms with Gasteiger partial charge in [-0.2, -0.15) is 18.3 Å². The highest BCUT2D eigenvalue weighted by atomic mass is 19.4. The lowest BCUT2D eigenvalue weighted by Gasteiger charge is -2.36. The van der Waals surface area contributed by atoms with Gasteiger partial charge in [-0.25, -0.2) is 0 Å². The van der Waals surface area contributed by atoms with E-state index < -0.39 is 24.1 Å². The number of amides is 1. The molecule has 1 fully saturated rings. The molecule has 2 aliphatic rings. The second-order valence-electron chi connectivity index (χ2n) is 7.14. The molecule has 9 nitrogen and oxygen atoms in total. The number of H-pyrrole nitrogens is 1. The molecule has 0 saturated carbocycles. The largest absolute Gasteiger partial charge is 0.480 e. The Morgan fingerprint density at radius 3 is 2.59 bits per heavy atom. The zero-order valence-corrected chi connectivity index (χ0v) is 15.5. The Morgan fingerprint density at radius 1 is 1.28 bits per heavy atom. The average molecular weight is 412 g/mol. The Morgan fingerprint density at radius 2 is 2.00 bits per heavy atom. The molecule has 4 rings (SSSR count). The monoisotopic (exact) mass is 412 g/mol. The third-order valence-electron chi connectivity index (χ3n) is 5.41. The summed E-state index contributed by atoms with van der Waals surface area (Å²) < 4.78 is 45.9. The van der Waals surface area contributed by atoms with Crippen molar-refractivity contribution >= 4 is 17.5 Å². The maximum absolute atomic E-state index is 13.6. The summed E-state index contributed by atoms with van der Waals surface area (Å²) in [5.41, 5.74) is -3.43. The van der Waals surface area contributed by atoms with Gasteiger partial charge in [-0.05, 0) is 18.9 Å². The molecule has 2 aromatic heterocycles. The molecular weight excluding hydrogens is 393 g/mol. The highest BCUT2D eigenvalue weighted by Gasteiger charge is 2.61. The van der Waals surface area contributed by atoms with Gasteiger partial charge in [-0.3, -0.25) is 9.89 Å². The fourth-order valence-corrected chi connectivity index (χ4v) is 3.89. The SMILES string of the molecule is COc1ccc(N2CCC(c3[nH]nc4c3C(O)(C(F)(F)F)CC(=O)N4)CC2)nn1. The van der Waals surface area contributed by atoms with E-state index in [0.29, 0.717) is 37.6 Å². The summed E-state index contributed by atoms with van der Waals surface area (Å²) in [6.45, 7) is 1.08. The van der Waals surface area contributed by atoms with E-state index in [-0.39, 0.29) is 23.0 Å². The Bertz CT molecular complexity index is 908. The van der Waals surface area contributed by atoms with Crippen LogP contribution in [0.3, 0.4) is 0 Å². The van der Waals surface area contributed by atoms with Gasteiger partial charge < -0.3 is 20.1 Å². The number of alkyl halides is 3. The first kappa shape index (κ1) is 19.4. The van der Waals surface area contributed by atoms with Crippen LogP contribution in [-0.2, 0) is 10.4 Å². The number of nitrogens with one attached hydrogen (secondary N) is 2. The van der Waals surface area contributed by atoms with Gasteiger partial charge in [0.05, 0.1) is 19.1 Å². The molecule has 4 heterocycles. The number of carbonyl (C=O) groups is 1. The minimum Gasteiger partial charge on any atom is -0.480 e. The number of aromatic nitrogens is 4. The molecule has 1 unspecified atom stereocenters. The summed E-state index contributed by atoms with van der Waals surface area (Å²) in [6, 6.07) is 3.45.